The van der Waals surface area contributed by atoms with E-state index in [4.69, 9.17) is 5.84 Å². The molecule has 0 aliphatic carbocycles. The predicted octanol–water partition coefficient (Wildman–Crippen LogP) is 4.35. The summed E-state index contributed by atoms with van der Waals surface area (Å²) in [5.41, 5.74) is 4.55. The van der Waals surface area contributed by atoms with Gasteiger partial charge in [-0.05, 0) is 18.1 Å². The van der Waals surface area contributed by atoms with Crippen molar-refractivity contribution in [3.8, 4) is 0 Å². The van der Waals surface area contributed by atoms with Gasteiger partial charge >= 0.3 is 0 Å². The predicted molar refractivity (Wildman–Crippen MR) is 110 cm³/mol. The first-order valence-electron chi connectivity index (χ1n) is 10.8. The van der Waals surface area contributed by atoms with Crippen LogP contribution in [0.1, 0.15) is 95.2 Å². The van der Waals surface area contributed by atoms with Gasteiger partial charge in [0.25, 0.3) is 0 Å². The monoisotopic (exact) mass is 375 g/mol. The topological polar surface area (TPSA) is 84.1 Å². The zero-order valence-corrected chi connectivity index (χ0v) is 17.0. The highest BCUT2D eigenvalue weighted by Gasteiger charge is 2.21. The number of anilines is 1. The van der Waals surface area contributed by atoms with E-state index in [1.165, 1.54) is 64.2 Å². The fourth-order valence-electron chi connectivity index (χ4n) is 3.71. The van der Waals surface area contributed by atoms with Crippen LogP contribution in [0.2, 0.25) is 0 Å². The zero-order valence-electron chi connectivity index (χ0n) is 17.0. The average molecular weight is 376 g/mol. The quantitative estimate of drug-likeness (QED) is 0.304. The first-order valence-corrected chi connectivity index (χ1v) is 10.8. The van der Waals surface area contributed by atoms with Crippen molar-refractivity contribution in [1.82, 2.24) is 15.1 Å². The number of hydrogen-bond acceptors (Lipinski definition) is 5. The molecule has 2 rings (SSSR count). The van der Waals surface area contributed by atoms with E-state index in [0.717, 1.165) is 30.6 Å². The van der Waals surface area contributed by atoms with Crippen LogP contribution in [-0.4, -0.2) is 27.5 Å². The number of carbonyl (C=O) groups excluding carboxylic acids is 1. The molecule has 0 unspecified atom stereocenters. The van der Waals surface area contributed by atoms with Crippen molar-refractivity contribution in [2.45, 2.75) is 96.9 Å². The molecule has 1 aromatic rings. The number of nitrogen functional groups attached to an aromatic ring is 1. The van der Waals surface area contributed by atoms with E-state index < -0.39 is 0 Å². The van der Waals surface area contributed by atoms with Gasteiger partial charge in [-0.2, -0.15) is 5.10 Å². The SMILES string of the molecule is CCCCCCCCCCCCCC(=O)N1CCc2nnc(NN)cc2C1. The van der Waals surface area contributed by atoms with Crippen LogP contribution >= 0.6 is 0 Å². The molecule has 0 saturated carbocycles. The van der Waals surface area contributed by atoms with Crippen LogP contribution in [0.5, 0.6) is 0 Å². The second-order valence-electron chi connectivity index (χ2n) is 7.70. The Balaban J connectivity index is 1.53. The number of nitrogens with zero attached hydrogens (tertiary/aromatic N) is 3. The number of rotatable bonds is 13. The summed E-state index contributed by atoms with van der Waals surface area (Å²) in [6.07, 6.45) is 15.8. The third-order valence-corrected chi connectivity index (χ3v) is 5.43. The van der Waals surface area contributed by atoms with E-state index in [9.17, 15) is 4.79 Å². The Bertz CT molecular complexity index is 564. The molecule has 0 atom stereocenters. The van der Waals surface area contributed by atoms with Crippen molar-refractivity contribution in [3.63, 3.8) is 0 Å². The van der Waals surface area contributed by atoms with Gasteiger partial charge in [0, 0.05) is 25.9 Å². The highest BCUT2D eigenvalue weighted by atomic mass is 16.2. The molecular formula is C21H37N5O. The van der Waals surface area contributed by atoms with Gasteiger partial charge in [0.15, 0.2) is 5.82 Å². The second-order valence-corrected chi connectivity index (χ2v) is 7.70. The molecule has 1 aliphatic heterocycles. The third-order valence-electron chi connectivity index (χ3n) is 5.43. The molecule has 1 aliphatic rings. The standard InChI is InChI=1S/C21H37N5O/c1-2-3-4-5-6-7-8-9-10-11-12-13-21(27)26-15-14-19-18(17-26)16-20(23-22)25-24-19/h16H,2-15,17,22H2,1H3,(H,23,25). The maximum Gasteiger partial charge on any atom is 0.222 e. The molecule has 0 radical (unpaired) electrons. The lowest BCUT2D eigenvalue weighted by Crippen LogP contribution is -2.36. The Kier molecular flexibility index (Phi) is 10.1. The van der Waals surface area contributed by atoms with Gasteiger partial charge in [-0.1, -0.05) is 71.1 Å². The zero-order chi connectivity index (χ0) is 19.3. The van der Waals surface area contributed by atoms with Crippen LogP contribution in [0.3, 0.4) is 0 Å². The lowest BCUT2D eigenvalue weighted by Gasteiger charge is -2.28. The number of carbonyl (C=O) groups is 1. The minimum Gasteiger partial charge on any atom is -0.338 e. The molecule has 27 heavy (non-hydrogen) atoms. The number of nitrogens with two attached hydrogens (primary N) is 1. The molecule has 1 aromatic heterocycles. The van der Waals surface area contributed by atoms with Gasteiger partial charge in [0.2, 0.25) is 5.91 Å². The van der Waals surface area contributed by atoms with Gasteiger partial charge in [0.05, 0.1) is 5.69 Å². The number of hydrazine groups is 1. The number of fused-ring (bicyclic) bond motifs is 1. The highest BCUT2D eigenvalue weighted by molar-refractivity contribution is 5.76. The Morgan fingerprint density at radius 2 is 1.67 bits per heavy atom. The normalized spacial score (nSPS) is 13.5. The van der Waals surface area contributed by atoms with Crippen LogP contribution < -0.4 is 11.3 Å². The summed E-state index contributed by atoms with van der Waals surface area (Å²) in [5, 5.41) is 8.19. The summed E-state index contributed by atoms with van der Waals surface area (Å²) in [5.74, 6) is 6.21. The van der Waals surface area contributed by atoms with E-state index in [-0.39, 0.29) is 5.91 Å². The minimum absolute atomic E-state index is 0.260. The number of aromatic nitrogens is 2. The summed E-state index contributed by atoms with van der Waals surface area (Å²) in [7, 11) is 0. The Hall–Kier alpha value is -1.69. The molecule has 1 amide bonds. The molecule has 0 spiro atoms. The number of nitrogens with one attached hydrogen (secondary N) is 1. The largest absolute Gasteiger partial charge is 0.338 e. The third kappa shape index (κ3) is 7.83. The van der Waals surface area contributed by atoms with E-state index >= 15 is 0 Å². The average Bonchev–Trinajstić information content (AvgIpc) is 2.71. The molecule has 152 valence electrons. The first-order chi connectivity index (χ1) is 13.2. The van der Waals surface area contributed by atoms with Crippen LogP contribution in [-0.2, 0) is 17.8 Å². The van der Waals surface area contributed by atoms with E-state index in [1.807, 2.05) is 11.0 Å². The van der Waals surface area contributed by atoms with Crippen LogP contribution in [0.4, 0.5) is 5.82 Å². The Morgan fingerprint density at radius 3 is 2.30 bits per heavy atom. The van der Waals surface area contributed by atoms with E-state index in [2.05, 4.69) is 22.5 Å². The van der Waals surface area contributed by atoms with Crippen molar-refractivity contribution in [2.24, 2.45) is 5.84 Å². The van der Waals surface area contributed by atoms with Gasteiger partial charge in [-0.3, -0.25) is 4.79 Å². The summed E-state index contributed by atoms with van der Waals surface area (Å²) in [6.45, 7) is 3.63. The van der Waals surface area contributed by atoms with Gasteiger partial charge < -0.3 is 10.3 Å². The van der Waals surface area contributed by atoms with Crippen molar-refractivity contribution in [3.05, 3.63) is 17.3 Å². The lowest BCUT2D eigenvalue weighted by atomic mass is 10.0. The van der Waals surface area contributed by atoms with E-state index in [0.29, 0.717) is 18.8 Å². The van der Waals surface area contributed by atoms with Crippen molar-refractivity contribution < 1.29 is 4.79 Å². The minimum atomic E-state index is 0.260. The fraction of sp³-hybridized carbons (Fsp3) is 0.762. The van der Waals surface area contributed by atoms with Crippen molar-refractivity contribution >= 4 is 11.7 Å². The number of unbranched alkanes of at least 4 members (excludes halogenated alkanes) is 10. The summed E-state index contributed by atoms with van der Waals surface area (Å²) in [6, 6.07) is 1.89. The maximum absolute atomic E-state index is 12.5. The molecule has 0 aromatic carbocycles. The Morgan fingerprint density at radius 1 is 1.04 bits per heavy atom. The van der Waals surface area contributed by atoms with E-state index in [1.54, 1.807) is 0 Å². The second kappa shape index (κ2) is 12.7. The van der Waals surface area contributed by atoms with Crippen molar-refractivity contribution in [2.75, 3.05) is 12.0 Å². The highest BCUT2D eigenvalue weighted by Crippen LogP contribution is 2.20. The first kappa shape index (κ1) is 21.6. The Labute approximate surface area is 164 Å². The van der Waals surface area contributed by atoms with Gasteiger partial charge in [-0.25, -0.2) is 5.84 Å². The molecular weight excluding hydrogens is 338 g/mol. The number of amides is 1. The number of hydrogen-bond donors (Lipinski definition) is 2. The van der Waals surface area contributed by atoms with Crippen LogP contribution in [0.15, 0.2) is 6.07 Å². The molecule has 0 bridgehead atoms. The summed E-state index contributed by atoms with van der Waals surface area (Å²) in [4.78, 5) is 14.4. The lowest BCUT2D eigenvalue weighted by molar-refractivity contribution is -0.132. The smallest absolute Gasteiger partial charge is 0.222 e. The summed E-state index contributed by atoms with van der Waals surface area (Å²) < 4.78 is 0. The fourth-order valence-corrected chi connectivity index (χ4v) is 3.71. The molecule has 3 N–H and O–H groups in total. The maximum atomic E-state index is 12.5. The summed E-state index contributed by atoms with van der Waals surface area (Å²) >= 11 is 0. The molecule has 0 fully saturated rings. The molecule has 6 heteroatoms. The van der Waals surface area contributed by atoms with Crippen molar-refractivity contribution in [1.29, 1.82) is 0 Å². The van der Waals surface area contributed by atoms with Crippen LogP contribution in [0.25, 0.3) is 0 Å². The van der Waals surface area contributed by atoms with Gasteiger partial charge in [0.1, 0.15) is 0 Å². The van der Waals surface area contributed by atoms with Gasteiger partial charge in [-0.15, -0.1) is 5.10 Å². The molecule has 2 heterocycles. The van der Waals surface area contributed by atoms with Crippen LogP contribution in [0, 0.1) is 0 Å². The molecule has 6 nitrogen and oxygen atoms in total. The molecule has 0 saturated heterocycles.